The van der Waals surface area contributed by atoms with Crippen LogP contribution in [0.4, 0.5) is 4.39 Å². The molecule has 0 saturated heterocycles. The second-order valence-corrected chi connectivity index (χ2v) is 6.77. The molecule has 3 nitrogen and oxygen atoms in total. The van der Waals surface area contributed by atoms with E-state index in [0.29, 0.717) is 17.3 Å². The van der Waals surface area contributed by atoms with E-state index < -0.39 is 21.4 Å². The smallest absolute Gasteiger partial charge is 0.207 e. The van der Waals surface area contributed by atoms with Gasteiger partial charge in [0, 0.05) is 10.9 Å². The minimum Gasteiger partial charge on any atom is -0.207 e. The molecular weight excluding hydrogens is 321 g/mol. The van der Waals surface area contributed by atoms with Gasteiger partial charge in [0.25, 0.3) is 0 Å². The van der Waals surface area contributed by atoms with Gasteiger partial charge in [-0.2, -0.15) is 0 Å². The number of alkyl halides is 1. The van der Waals surface area contributed by atoms with Crippen molar-refractivity contribution >= 4 is 26.0 Å². The van der Waals surface area contributed by atoms with Gasteiger partial charge >= 0.3 is 0 Å². The van der Waals surface area contributed by atoms with Crippen LogP contribution >= 0.6 is 15.9 Å². The third kappa shape index (κ3) is 3.52. The first kappa shape index (κ1) is 15.6. The van der Waals surface area contributed by atoms with E-state index in [0.717, 1.165) is 6.07 Å². The number of benzene rings is 1. The van der Waals surface area contributed by atoms with E-state index in [1.807, 2.05) is 13.8 Å². The average molecular weight is 338 g/mol. The van der Waals surface area contributed by atoms with E-state index in [1.54, 1.807) is 6.92 Å². The molecule has 1 unspecified atom stereocenters. The van der Waals surface area contributed by atoms with Crippen molar-refractivity contribution in [3.05, 3.63) is 29.6 Å². The van der Waals surface area contributed by atoms with Crippen molar-refractivity contribution in [2.45, 2.75) is 37.6 Å². The number of nitrogens with one attached hydrogen (secondary N) is 1. The number of hydrogen-bond donors (Lipinski definition) is 1. The van der Waals surface area contributed by atoms with Crippen LogP contribution in [-0.4, -0.2) is 19.3 Å². The quantitative estimate of drug-likeness (QED) is 0.839. The Hall–Kier alpha value is -0.460. The van der Waals surface area contributed by atoms with Gasteiger partial charge in [0.15, 0.2) is 0 Å². The topological polar surface area (TPSA) is 46.2 Å². The number of sulfonamides is 1. The second-order valence-electron chi connectivity index (χ2n) is 4.56. The summed E-state index contributed by atoms with van der Waals surface area (Å²) in [6.45, 7) is 5.30. The van der Waals surface area contributed by atoms with E-state index in [4.69, 9.17) is 0 Å². The summed E-state index contributed by atoms with van der Waals surface area (Å²) in [4.78, 5) is 0.115. The third-order valence-electron chi connectivity index (χ3n) is 2.88. The molecule has 0 amide bonds. The number of hydrogen-bond acceptors (Lipinski definition) is 2. The fourth-order valence-electron chi connectivity index (χ4n) is 1.49. The van der Waals surface area contributed by atoms with Crippen molar-refractivity contribution in [3.8, 4) is 0 Å². The SMILES string of the molecule is CCC(C)(CBr)NS(=O)(=O)c1ccc(F)cc1C. The maximum absolute atomic E-state index is 13.0. The molecule has 1 N–H and O–H groups in total. The molecule has 0 aliphatic carbocycles. The molecule has 0 radical (unpaired) electrons. The normalized spacial score (nSPS) is 15.4. The molecule has 1 rings (SSSR count). The fourth-order valence-corrected chi connectivity index (χ4v) is 3.92. The van der Waals surface area contributed by atoms with Crippen molar-refractivity contribution < 1.29 is 12.8 Å². The maximum atomic E-state index is 13.0. The van der Waals surface area contributed by atoms with Gasteiger partial charge in [0.1, 0.15) is 5.82 Å². The predicted molar refractivity (Wildman–Crippen MR) is 73.9 cm³/mol. The molecule has 0 bridgehead atoms. The van der Waals surface area contributed by atoms with Crippen LogP contribution in [0, 0.1) is 12.7 Å². The monoisotopic (exact) mass is 337 g/mol. The molecule has 0 saturated carbocycles. The van der Waals surface area contributed by atoms with Crippen LogP contribution < -0.4 is 4.72 Å². The van der Waals surface area contributed by atoms with E-state index in [9.17, 15) is 12.8 Å². The Balaban J connectivity index is 3.15. The van der Waals surface area contributed by atoms with Crippen molar-refractivity contribution in [2.24, 2.45) is 0 Å². The zero-order valence-electron chi connectivity index (χ0n) is 10.6. The van der Waals surface area contributed by atoms with E-state index in [2.05, 4.69) is 20.7 Å². The van der Waals surface area contributed by atoms with Crippen LogP contribution in [0.1, 0.15) is 25.8 Å². The van der Waals surface area contributed by atoms with Crippen LogP contribution in [0.3, 0.4) is 0 Å². The molecule has 0 aliphatic heterocycles. The Morgan fingerprint density at radius 2 is 2.06 bits per heavy atom. The maximum Gasteiger partial charge on any atom is 0.241 e. The van der Waals surface area contributed by atoms with Crippen LogP contribution in [0.2, 0.25) is 0 Å². The van der Waals surface area contributed by atoms with Gasteiger partial charge in [-0.05, 0) is 44.0 Å². The van der Waals surface area contributed by atoms with Crippen molar-refractivity contribution in [3.63, 3.8) is 0 Å². The lowest BCUT2D eigenvalue weighted by Gasteiger charge is -2.27. The minimum absolute atomic E-state index is 0.115. The largest absolute Gasteiger partial charge is 0.241 e. The van der Waals surface area contributed by atoms with Crippen LogP contribution in [0.25, 0.3) is 0 Å². The third-order valence-corrected chi connectivity index (χ3v) is 5.92. The molecule has 0 aliphatic rings. The Morgan fingerprint density at radius 1 is 1.44 bits per heavy atom. The van der Waals surface area contributed by atoms with Gasteiger partial charge in [-0.15, -0.1) is 0 Å². The standard InChI is InChI=1S/C12H17BrFNO2S/c1-4-12(3,8-13)15-18(16,17)11-6-5-10(14)7-9(11)2/h5-7,15H,4,8H2,1-3H3. The zero-order chi connectivity index (χ0) is 14.0. The summed E-state index contributed by atoms with van der Waals surface area (Å²) in [6.07, 6.45) is 0.651. The van der Waals surface area contributed by atoms with Gasteiger partial charge in [-0.25, -0.2) is 17.5 Å². The first-order chi connectivity index (χ1) is 8.24. The minimum atomic E-state index is -3.64. The summed E-state index contributed by atoms with van der Waals surface area (Å²) in [5.41, 5.74) is -0.157. The molecule has 0 fully saturated rings. The molecule has 6 heteroatoms. The zero-order valence-corrected chi connectivity index (χ0v) is 13.0. The summed E-state index contributed by atoms with van der Waals surface area (Å²) >= 11 is 3.30. The lowest BCUT2D eigenvalue weighted by molar-refractivity contribution is 0.449. The Morgan fingerprint density at radius 3 is 2.50 bits per heavy atom. The van der Waals surface area contributed by atoms with Gasteiger partial charge in [-0.3, -0.25) is 0 Å². The predicted octanol–water partition coefficient (Wildman–Crippen LogP) is 2.98. The summed E-state index contributed by atoms with van der Waals surface area (Å²) in [6, 6.07) is 3.66. The highest BCUT2D eigenvalue weighted by molar-refractivity contribution is 9.09. The summed E-state index contributed by atoms with van der Waals surface area (Å²) in [5.74, 6) is -0.440. The van der Waals surface area contributed by atoms with Crippen LogP contribution in [-0.2, 0) is 10.0 Å². The summed E-state index contributed by atoms with van der Waals surface area (Å²) in [5, 5.41) is 0.510. The highest BCUT2D eigenvalue weighted by Gasteiger charge is 2.28. The lowest BCUT2D eigenvalue weighted by atomic mass is 10.0. The van der Waals surface area contributed by atoms with E-state index in [1.165, 1.54) is 12.1 Å². The van der Waals surface area contributed by atoms with Crippen molar-refractivity contribution in [1.82, 2.24) is 4.72 Å². The van der Waals surface area contributed by atoms with E-state index >= 15 is 0 Å². The highest BCUT2D eigenvalue weighted by atomic mass is 79.9. The van der Waals surface area contributed by atoms with Crippen LogP contribution in [0.5, 0.6) is 0 Å². The van der Waals surface area contributed by atoms with Gasteiger partial charge in [0.05, 0.1) is 4.90 Å². The first-order valence-corrected chi connectivity index (χ1v) is 8.20. The molecule has 18 heavy (non-hydrogen) atoms. The van der Waals surface area contributed by atoms with Crippen molar-refractivity contribution in [1.29, 1.82) is 0 Å². The Kier molecular flexibility index (Phi) is 4.91. The molecular formula is C12H17BrFNO2S. The average Bonchev–Trinajstić information content (AvgIpc) is 2.27. The fraction of sp³-hybridized carbons (Fsp3) is 0.500. The van der Waals surface area contributed by atoms with Gasteiger partial charge in [-0.1, -0.05) is 22.9 Å². The molecule has 1 aromatic rings. The molecule has 102 valence electrons. The van der Waals surface area contributed by atoms with Gasteiger partial charge < -0.3 is 0 Å². The Labute approximate surface area is 116 Å². The van der Waals surface area contributed by atoms with Gasteiger partial charge in [0.2, 0.25) is 10.0 Å². The molecule has 0 spiro atoms. The Bertz CT molecular complexity index is 527. The first-order valence-electron chi connectivity index (χ1n) is 5.60. The summed E-state index contributed by atoms with van der Waals surface area (Å²) in [7, 11) is -3.64. The molecule has 1 atom stereocenters. The molecule has 0 heterocycles. The molecule has 0 aromatic heterocycles. The molecule has 1 aromatic carbocycles. The van der Waals surface area contributed by atoms with Crippen molar-refractivity contribution in [2.75, 3.05) is 5.33 Å². The summed E-state index contributed by atoms with van der Waals surface area (Å²) < 4.78 is 40.1. The number of rotatable bonds is 5. The number of aryl methyl sites for hydroxylation is 1. The lowest BCUT2D eigenvalue weighted by Crippen LogP contribution is -2.46. The highest BCUT2D eigenvalue weighted by Crippen LogP contribution is 2.21. The van der Waals surface area contributed by atoms with E-state index in [-0.39, 0.29) is 4.90 Å². The number of halogens is 2. The second kappa shape index (κ2) is 5.67. The van der Waals surface area contributed by atoms with Crippen LogP contribution in [0.15, 0.2) is 23.1 Å².